The van der Waals surface area contributed by atoms with Crippen molar-refractivity contribution < 1.29 is 14.3 Å². The van der Waals surface area contributed by atoms with Gasteiger partial charge in [-0.15, -0.1) is 0 Å². The molecular formula is C24H28N2O3. The van der Waals surface area contributed by atoms with Crippen LogP contribution >= 0.6 is 0 Å². The second kappa shape index (κ2) is 8.27. The van der Waals surface area contributed by atoms with Crippen molar-refractivity contribution in [1.29, 1.82) is 0 Å². The average molecular weight is 392 g/mol. The molecule has 0 spiro atoms. The minimum Gasteiger partial charge on any atom is -0.496 e. The Bertz CT molecular complexity index is 886. The van der Waals surface area contributed by atoms with Crippen LogP contribution in [0.1, 0.15) is 42.5 Å². The predicted octanol–water partition coefficient (Wildman–Crippen LogP) is 3.28. The number of ether oxygens (including phenoxy) is 1. The highest BCUT2D eigenvalue weighted by molar-refractivity contribution is 5.85. The number of amides is 2. The summed E-state index contributed by atoms with van der Waals surface area (Å²) in [7, 11) is 1.63. The van der Waals surface area contributed by atoms with Crippen molar-refractivity contribution in [2.45, 2.75) is 44.7 Å². The number of piperidine rings is 1. The zero-order valence-electron chi connectivity index (χ0n) is 17.1. The van der Waals surface area contributed by atoms with Crippen LogP contribution in [0.25, 0.3) is 0 Å². The van der Waals surface area contributed by atoms with Gasteiger partial charge in [-0.3, -0.25) is 9.59 Å². The van der Waals surface area contributed by atoms with Crippen molar-refractivity contribution >= 4 is 11.8 Å². The van der Waals surface area contributed by atoms with Crippen LogP contribution in [0.2, 0.25) is 0 Å². The number of hydrogen-bond donors (Lipinski definition) is 1. The third kappa shape index (κ3) is 3.74. The fourth-order valence-electron chi connectivity index (χ4n) is 4.86. The Morgan fingerprint density at radius 2 is 1.76 bits per heavy atom. The zero-order valence-corrected chi connectivity index (χ0v) is 17.1. The highest BCUT2D eigenvalue weighted by Gasteiger charge is 2.41. The van der Waals surface area contributed by atoms with E-state index in [-0.39, 0.29) is 29.8 Å². The fourth-order valence-corrected chi connectivity index (χ4v) is 4.86. The quantitative estimate of drug-likeness (QED) is 0.850. The molecular weight excluding hydrogens is 364 g/mol. The van der Waals surface area contributed by atoms with Gasteiger partial charge in [0.15, 0.2) is 0 Å². The fraction of sp³-hybridized carbons (Fsp3) is 0.417. The summed E-state index contributed by atoms with van der Waals surface area (Å²) in [6.07, 6.45) is 2.70. The lowest BCUT2D eigenvalue weighted by atomic mass is 9.83. The summed E-state index contributed by atoms with van der Waals surface area (Å²) in [5.41, 5.74) is 3.53. The van der Waals surface area contributed by atoms with Crippen LogP contribution < -0.4 is 10.1 Å². The van der Waals surface area contributed by atoms with Crippen LogP contribution in [-0.4, -0.2) is 36.4 Å². The third-order valence-electron chi connectivity index (χ3n) is 6.24. The molecule has 2 aliphatic rings. The maximum absolute atomic E-state index is 13.4. The van der Waals surface area contributed by atoms with E-state index in [1.807, 2.05) is 48.2 Å². The molecule has 1 saturated heterocycles. The lowest BCUT2D eigenvalue weighted by Gasteiger charge is -2.41. The Balaban J connectivity index is 1.58. The van der Waals surface area contributed by atoms with Crippen LogP contribution in [0.4, 0.5) is 0 Å². The normalized spacial score (nSPS) is 21.7. The van der Waals surface area contributed by atoms with E-state index in [0.29, 0.717) is 19.4 Å². The van der Waals surface area contributed by atoms with Crippen LogP contribution in [0.15, 0.2) is 48.5 Å². The number of rotatable bonds is 5. The van der Waals surface area contributed by atoms with E-state index in [2.05, 4.69) is 17.4 Å². The van der Waals surface area contributed by atoms with Gasteiger partial charge >= 0.3 is 0 Å². The molecule has 5 heteroatoms. The molecule has 2 aromatic rings. The third-order valence-corrected chi connectivity index (χ3v) is 6.24. The van der Waals surface area contributed by atoms with Gasteiger partial charge in [-0.2, -0.15) is 0 Å². The molecule has 2 atom stereocenters. The number of hydrogen-bond acceptors (Lipinski definition) is 3. The molecule has 0 radical (unpaired) electrons. The number of methoxy groups -OCH3 is 1. The van der Waals surface area contributed by atoms with Gasteiger partial charge in [0.05, 0.1) is 19.1 Å². The van der Waals surface area contributed by atoms with Gasteiger partial charge in [-0.25, -0.2) is 0 Å². The van der Waals surface area contributed by atoms with E-state index in [4.69, 9.17) is 4.74 Å². The van der Waals surface area contributed by atoms with Crippen molar-refractivity contribution in [3.8, 4) is 5.75 Å². The van der Waals surface area contributed by atoms with Crippen molar-refractivity contribution in [2.24, 2.45) is 5.92 Å². The molecule has 152 valence electrons. The number of likely N-dealkylation sites (tertiary alicyclic amines) is 1. The standard InChI is InChI=1S/C24H28N2O3/c1-3-26-22(27)13-12-20(23(26)19-10-6-7-11-21(19)29-2)24(28)25-18-14-16-8-4-5-9-17(16)15-18/h4-11,18,20,23H,3,12-15H2,1-2H3,(H,25,28)/t20-,23+/m1/s1. The van der Waals surface area contributed by atoms with Gasteiger partial charge in [0.25, 0.3) is 0 Å². The summed E-state index contributed by atoms with van der Waals surface area (Å²) in [5.74, 6) is 0.565. The largest absolute Gasteiger partial charge is 0.496 e. The second-order valence-corrected chi connectivity index (χ2v) is 7.89. The summed E-state index contributed by atoms with van der Waals surface area (Å²) in [5, 5.41) is 3.27. The summed E-state index contributed by atoms with van der Waals surface area (Å²) in [6.45, 7) is 2.54. The molecule has 0 aromatic heterocycles. The molecule has 29 heavy (non-hydrogen) atoms. The van der Waals surface area contributed by atoms with Gasteiger partial charge in [0.1, 0.15) is 5.75 Å². The van der Waals surface area contributed by atoms with Crippen molar-refractivity contribution in [1.82, 2.24) is 10.2 Å². The first-order chi connectivity index (χ1) is 14.1. The molecule has 1 fully saturated rings. The number of benzene rings is 2. The van der Waals surface area contributed by atoms with Gasteiger partial charge in [-0.05, 0) is 43.4 Å². The van der Waals surface area contributed by atoms with E-state index in [1.54, 1.807) is 7.11 Å². The van der Waals surface area contributed by atoms with Crippen LogP contribution in [-0.2, 0) is 22.4 Å². The van der Waals surface area contributed by atoms with Crippen molar-refractivity contribution in [3.05, 3.63) is 65.2 Å². The zero-order chi connectivity index (χ0) is 20.4. The summed E-state index contributed by atoms with van der Waals surface area (Å²) in [6, 6.07) is 15.9. The topological polar surface area (TPSA) is 58.6 Å². The van der Waals surface area contributed by atoms with Gasteiger partial charge < -0.3 is 15.0 Å². The summed E-state index contributed by atoms with van der Waals surface area (Å²) < 4.78 is 5.56. The number of nitrogens with one attached hydrogen (secondary N) is 1. The van der Waals surface area contributed by atoms with Crippen molar-refractivity contribution in [3.63, 3.8) is 0 Å². The van der Waals surface area contributed by atoms with E-state index < -0.39 is 0 Å². The van der Waals surface area contributed by atoms with Gasteiger partial charge in [0, 0.05) is 24.6 Å². The SMILES string of the molecule is CCN1C(=O)CC[C@@H](C(=O)NC2Cc3ccccc3C2)[C@@H]1c1ccccc1OC. The second-order valence-electron chi connectivity index (χ2n) is 7.89. The first-order valence-electron chi connectivity index (χ1n) is 10.4. The molecule has 1 N–H and O–H groups in total. The predicted molar refractivity (Wildman–Crippen MR) is 112 cm³/mol. The molecule has 2 amide bonds. The number of carbonyl (C=O) groups is 2. The van der Waals surface area contributed by atoms with E-state index >= 15 is 0 Å². The number of nitrogens with zero attached hydrogens (tertiary/aromatic N) is 1. The Labute approximate surface area is 172 Å². The van der Waals surface area contributed by atoms with Crippen LogP contribution in [0.5, 0.6) is 5.75 Å². The van der Waals surface area contributed by atoms with E-state index in [9.17, 15) is 9.59 Å². The number of carbonyl (C=O) groups excluding carboxylic acids is 2. The molecule has 5 nitrogen and oxygen atoms in total. The Morgan fingerprint density at radius 3 is 2.41 bits per heavy atom. The van der Waals surface area contributed by atoms with Gasteiger partial charge in [-0.1, -0.05) is 42.5 Å². The summed E-state index contributed by atoms with van der Waals surface area (Å²) in [4.78, 5) is 27.8. The molecule has 0 saturated carbocycles. The average Bonchev–Trinajstić information content (AvgIpc) is 3.15. The molecule has 1 aliphatic carbocycles. The van der Waals surface area contributed by atoms with Crippen LogP contribution in [0, 0.1) is 5.92 Å². The molecule has 2 aromatic carbocycles. The monoisotopic (exact) mass is 392 g/mol. The number of para-hydroxylation sites is 1. The molecule has 1 aliphatic heterocycles. The Hall–Kier alpha value is -2.82. The molecule has 4 rings (SSSR count). The Kier molecular flexibility index (Phi) is 5.56. The first kappa shape index (κ1) is 19.5. The minimum atomic E-state index is -0.304. The molecule has 1 heterocycles. The Morgan fingerprint density at radius 1 is 1.10 bits per heavy atom. The minimum absolute atomic E-state index is 0.0321. The van der Waals surface area contributed by atoms with E-state index in [0.717, 1.165) is 24.2 Å². The highest BCUT2D eigenvalue weighted by Crippen LogP contribution is 2.40. The highest BCUT2D eigenvalue weighted by atomic mass is 16.5. The van der Waals surface area contributed by atoms with E-state index in [1.165, 1.54) is 11.1 Å². The maximum atomic E-state index is 13.4. The molecule has 0 unspecified atom stereocenters. The number of fused-ring (bicyclic) bond motifs is 1. The van der Waals surface area contributed by atoms with Gasteiger partial charge in [0.2, 0.25) is 11.8 Å². The summed E-state index contributed by atoms with van der Waals surface area (Å²) >= 11 is 0. The lowest BCUT2D eigenvalue weighted by molar-refractivity contribution is -0.143. The maximum Gasteiger partial charge on any atom is 0.225 e. The van der Waals surface area contributed by atoms with Crippen LogP contribution in [0.3, 0.4) is 0 Å². The first-order valence-corrected chi connectivity index (χ1v) is 10.4. The van der Waals surface area contributed by atoms with Crippen molar-refractivity contribution in [2.75, 3.05) is 13.7 Å². The molecule has 0 bridgehead atoms. The lowest BCUT2D eigenvalue weighted by Crippen LogP contribution is -2.50. The smallest absolute Gasteiger partial charge is 0.225 e.